The summed E-state index contributed by atoms with van der Waals surface area (Å²) in [6, 6.07) is 8.08. The second-order valence-corrected chi connectivity index (χ2v) is 4.20. The minimum atomic E-state index is 0.0653. The lowest BCUT2D eigenvalue weighted by Crippen LogP contribution is -2.20. The molecule has 0 radical (unpaired) electrons. The van der Waals surface area contributed by atoms with Crippen molar-refractivity contribution in [1.29, 1.82) is 0 Å². The predicted octanol–water partition coefficient (Wildman–Crippen LogP) is 2.04. The van der Waals surface area contributed by atoms with Crippen LogP contribution in [0.4, 0.5) is 0 Å². The third-order valence-corrected chi connectivity index (χ3v) is 2.55. The number of para-hydroxylation sites is 1. The Morgan fingerprint density at radius 1 is 1.31 bits per heavy atom. The molecule has 0 saturated heterocycles. The summed E-state index contributed by atoms with van der Waals surface area (Å²) in [5, 5.41) is 0. The van der Waals surface area contributed by atoms with Gasteiger partial charge in [-0.1, -0.05) is 25.1 Å². The van der Waals surface area contributed by atoms with Crippen molar-refractivity contribution < 1.29 is 4.74 Å². The van der Waals surface area contributed by atoms with Crippen LogP contribution in [-0.4, -0.2) is 32.1 Å². The first-order valence-electron chi connectivity index (χ1n) is 5.77. The molecule has 0 bridgehead atoms. The third kappa shape index (κ3) is 3.83. The van der Waals surface area contributed by atoms with Gasteiger partial charge in [0, 0.05) is 18.2 Å². The SMILES string of the molecule is CC[C@H](N)c1ccccc1OCCN(C)C. The topological polar surface area (TPSA) is 38.5 Å². The molecule has 90 valence electrons. The molecule has 1 rings (SSSR count). The molecular formula is C13H22N2O. The zero-order chi connectivity index (χ0) is 12.0. The normalized spacial score (nSPS) is 12.8. The predicted molar refractivity (Wildman–Crippen MR) is 67.7 cm³/mol. The van der Waals surface area contributed by atoms with Crippen LogP contribution in [0.2, 0.25) is 0 Å². The van der Waals surface area contributed by atoms with Crippen molar-refractivity contribution in [3.8, 4) is 5.75 Å². The average molecular weight is 222 g/mol. The quantitative estimate of drug-likeness (QED) is 0.800. The van der Waals surface area contributed by atoms with Crippen LogP contribution in [0.15, 0.2) is 24.3 Å². The summed E-state index contributed by atoms with van der Waals surface area (Å²) < 4.78 is 5.75. The second kappa shape index (κ2) is 6.51. The molecule has 1 aromatic carbocycles. The summed E-state index contributed by atoms with van der Waals surface area (Å²) in [5.41, 5.74) is 7.14. The molecule has 0 unspecified atom stereocenters. The van der Waals surface area contributed by atoms with Gasteiger partial charge in [0.05, 0.1) is 0 Å². The zero-order valence-electron chi connectivity index (χ0n) is 10.4. The first-order valence-corrected chi connectivity index (χ1v) is 5.77. The number of ether oxygens (including phenoxy) is 1. The minimum Gasteiger partial charge on any atom is -0.492 e. The number of likely N-dealkylation sites (N-methyl/N-ethyl adjacent to an activating group) is 1. The molecule has 0 aliphatic heterocycles. The van der Waals surface area contributed by atoms with Gasteiger partial charge in [-0.05, 0) is 26.6 Å². The van der Waals surface area contributed by atoms with E-state index in [1.54, 1.807) is 0 Å². The highest BCUT2D eigenvalue weighted by Gasteiger charge is 2.09. The summed E-state index contributed by atoms with van der Waals surface area (Å²) in [4.78, 5) is 2.10. The van der Waals surface area contributed by atoms with Crippen LogP contribution in [0.3, 0.4) is 0 Å². The van der Waals surface area contributed by atoms with E-state index in [1.165, 1.54) is 0 Å². The minimum absolute atomic E-state index is 0.0653. The van der Waals surface area contributed by atoms with Crippen LogP contribution in [0.25, 0.3) is 0 Å². The lowest BCUT2D eigenvalue weighted by atomic mass is 10.0. The Bertz CT molecular complexity index is 313. The van der Waals surface area contributed by atoms with Gasteiger partial charge in [-0.2, -0.15) is 0 Å². The standard InChI is InChI=1S/C13H22N2O/c1-4-12(14)11-7-5-6-8-13(11)16-10-9-15(2)3/h5-8,12H,4,9-10,14H2,1-3H3/t12-/m0/s1. The molecule has 0 aromatic heterocycles. The fourth-order valence-electron chi connectivity index (χ4n) is 1.48. The van der Waals surface area contributed by atoms with Crippen molar-refractivity contribution >= 4 is 0 Å². The number of nitrogens with two attached hydrogens (primary N) is 1. The van der Waals surface area contributed by atoms with E-state index in [4.69, 9.17) is 10.5 Å². The summed E-state index contributed by atoms with van der Waals surface area (Å²) in [6.07, 6.45) is 0.925. The number of benzene rings is 1. The molecule has 1 atom stereocenters. The lowest BCUT2D eigenvalue weighted by molar-refractivity contribution is 0.258. The van der Waals surface area contributed by atoms with E-state index < -0.39 is 0 Å². The van der Waals surface area contributed by atoms with Crippen molar-refractivity contribution in [3.05, 3.63) is 29.8 Å². The molecule has 0 aliphatic rings. The Labute approximate surface area is 98.2 Å². The molecule has 1 aromatic rings. The third-order valence-electron chi connectivity index (χ3n) is 2.55. The molecule has 2 N–H and O–H groups in total. The first-order chi connectivity index (χ1) is 7.65. The first kappa shape index (κ1) is 13.0. The van der Waals surface area contributed by atoms with Gasteiger partial charge in [0.2, 0.25) is 0 Å². The van der Waals surface area contributed by atoms with Crippen LogP contribution in [0.1, 0.15) is 24.9 Å². The Morgan fingerprint density at radius 3 is 2.62 bits per heavy atom. The van der Waals surface area contributed by atoms with Gasteiger partial charge in [-0.15, -0.1) is 0 Å². The van der Waals surface area contributed by atoms with Crippen molar-refractivity contribution in [2.45, 2.75) is 19.4 Å². The fraction of sp³-hybridized carbons (Fsp3) is 0.538. The molecule has 3 nitrogen and oxygen atoms in total. The average Bonchev–Trinajstić information content (AvgIpc) is 2.28. The van der Waals surface area contributed by atoms with E-state index in [0.29, 0.717) is 6.61 Å². The van der Waals surface area contributed by atoms with E-state index in [9.17, 15) is 0 Å². The molecule has 0 saturated carbocycles. The van der Waals surface area contributed by atoms with Crippen molar-refractivity contribution in [2.24, 2.45) is 5.73 Å². The molecule has 0 amide bonds. The zero-order valence-corrected chi connectivity index (χ0v) is 10.4. The van der Waals surface area contributed by atoms with Crippen molar-refractivity contribution in [3.63, 3.8) is 0 Å². The number of nitrogens with zero attached hydrogens (tertiary/aromatic N) is 1. The van der Waals surface area contributed by atoms with Crippen molar-refractivity contribution in [1.82, 2.24) is 4.90 Å². The number of rotatable bonds is 6. The molecule has 0 spiro atoms. The van der Waals surface area contributed by atoms with E-state index in [1.807, 2.05) is 38.4 Å². The van der Waals surface area contributed by atoms with Gasteiger partial charge in [0.1, 0.15) is 12.4 Å². The van der Waals surface area contributed by atoms with Crippen LogP contribution >= 0.6 is 0 Å². The van der Waals surface area contributed by atoms with Gasteiger partial charge < -0.3 is 15.4 Å². The molecular weight excluding hydrogens is 200 g/mol. The second-order valence-electron chi connectivity index (χ2n) is 4.20. The van der Waals surface area contributed by atoms with Crippen LogP contribution < -0.4 is 10.5 Å². The van der Waals surface area contributed by atoms with Gasteiger partial charge in [0.25, 0.3) is 0 Å². The Hall–Kier alpha value is -1.06. The molecule has 0 aliphatic carbocycles. The van der Waals surface area contributed by atoms with E-state index in [2.05, 4.69) is 11.8 Å². The molecule has 3 heteroatoms. The van der Waals surface area contributed by atoms with E-state index >= 15 is 0 Å². The van der Waals surface area contributed by atoms with E-state index in [-0.39, 0.29) is 6.04 Å². The van der Waals surface area contributed by atoms with Gasteiger partial charge >= 0.3 is 0 Å². The summed E-state index contributed by atoms with van der Waals surface area (Å²) in [7, 11) is 4.07. The summed E-state index contributed by atoms with van der Waals surface area (Å²) in [6.45, 7) is 3.69. The highest BCUT2D eigenvalue weighted by atomic mass is 16.5. The van der Waals surface area contributed by atoms with Crippen LogP contribution in [0, 0.1) is 0 Å². The van der Waals surface area contributed by atoms with E-state index in [0.717, 1.165) is 24.3 Å². The fourth-order valence-corrected chi connectivity index (χ4v) is 1.48. The summed E-state index contributed by atoms with van der Waals surface area (Å²) in [5.74, 6) is 0.915. The Morgan fingerprint density at radius 2 is 2.00 bits per heavy atom. The smallest absolute Gasteiger partial charge is 0.124 e. The monoisotopic (exact) mass is 222 g/mol. The van der Waals surface area contributed by atoms with Crippen LogP contribution in [-0.2, 0) is 0 Å². The van der Waals surface area contributed by atoms with Gasteiger partial charge in [-0.3, -0.25) is 0 Å². The summed E-state index contributed by atoms with van der Waals surface area (Å²) >= 11 is 0. The molecule has 16 heavy (non-hydrogen) atoms. The largest absolute Gasteiger partial charge is 0.492 e. The highest BCUT2D eigenvalue weighted by molar-refractivity contribution is 5.35. The van der Waals surface area contributed by atoms with Gasteiger partial charge in [-0.25, -0.2) is 0 Å². The van der Waals surface area contributed by atoms with Crippen molar-refractivity contribution in [2.75, 3.05) is 27.2 Å². The number of hydrogen-bond donors (Lipinski definition) is 1. The Balaban J connectivity index is 2.64. The molecule has 0 heterocycles. The lowest BCUT2D eigenvalue weighted by Gasteiger charge is -2.16. The maximum absolute atomic E-state index is 6.04. The maximum atomic E-state index is 6.04. The Kier molecular flexibility index (Phi) is 5.29. The van der Waals surface area contributed by atoms with Gasteiger partial charge in [0.15, 0.2) is 0 Å². The number of hydrogen-bond acceptors (Lipinski definition) is 3. The molecule has 0 fully saturated rings. The van der Waals surface area contributed by atoms with Crippen LogP contribution in [0.5, 0.6) is 5.75 Å². The highest BCUT2D eigenvalue weighted by Crippen LogP contribution is 2.25. The maximum Gasteiger partial charge on any atom is 0.124 e.